The van der Waals surface area contributed by atoms with Gasteiger partial charge in [0.1, 0.15) is 0 Å². The summed E-state index contributed by atoms with van der Waals surface area (Å²) in [6, 6.07) is 5.02. The van der Waals surface area contributed by atoms with E-state index in [2.05, 4.69) is 50.0 Å². The van der Waals surface area contributed by atoms with Gasteiger partial charge in [-0.15, -0.1) is 0 Å². The lowest BCUT2D eigenvalue weighted by atomic mass is 9.94. The van der Waals surface area contributed by atoms with Crippen LogP contribution in [0.3, 0.4) is 0 Å². The summed E-state index contributed by atoms with van der Waals surface area (Å²) in [5.41, 5.74) is 5.56. The summed E-state index contributed by atoms with van der Waals surface area (Å²) in [5, 5.41) is 3.04. The van der Waals surface area contributed by atoms with E-state index >= 15 is 0 Å². The van der Waals surface area contributed by atoms with Crippen LogP contribution in [0.5, 0.6) is 0 Å². The molecule has 0 saturated carbocycles. The number of amides is 1. The minimum absolute atomic E-state index is 0.0850. The Morgan fingerprint density at radius 2 is 1.81 bits per heavy atom. The molecule has 0 radical (unpaired) electrons. The van der Waals surface area contributed by atoms with Crippen LogP contribution in [-0.4, -0.2) is 25.0 Å². The van der Waals surface area contributed by atoms with E-state index in [1.54, 1.807) is 6.92 Å². The molecule has 0 unspecified atom stereocenters. The predicted octanol–water partition coefficient (Wildman–Crippen LogP) is 3.53. The van der Waals surface area contributed by atoms with Crippen molar-refractivity contribution in [2.24, 2.45) is 0 Å². The van der Waals surface area contributed by atoms with Gasteiger partial charge in [-0.3, -0.25) is 4.79 Å². The SMILES string of the molecule is CC(=O)NC1CCN(c2cc(C)c(C(C)C)cc2C)CC1. The van der Waals surface area contributed by atoms with Gasteiger partial charge in [-0.2, -0.15) is 0 Å². The van der Waals surface area contributed by atoms with Crippen molar-refractivity contribution in [2.75, 3.05) is 18.0 Å². The number of hydrogen-bond donors (Lipinski definition) is 1. The van der Waals surface area contributed by atoms with Crippen molar-refractivity contribution in [1.29, 1.82) is 0 Å². The first-order valence-corrected chi connectivity index (χ1v) is 8.01. The van der Waals surface area contributed by atoms with Gasteiger partial charge in [0.05, 0.1) is 0 Å². The highest BCUT2D eigenvalue weighted by Gasteiger charge is 2.21. The lowest BCUT2D eigenvalue weighted by molar-refractivity contribution is -0.119. The Hall–Kier alpha value is -1.51. The summed E-state index contributed by atoms with van der Waals surface area (Å²) in [6.07, 6.45) is 2.06. The lowest BCUT2D eigenvalue weighted by Gasteiger charge is -2.35. The first-order valence-electron chi connectivity index (χ1n) is 8.01. The molecule has 3 nitrogen and oxygen atoms in total. The van der Waals surface area contributed by atoms with E-state index in [0.29, 0.717) is 12.0 Å². The Morgan fingerprint density at radius 3 is 2.33 bits per heavy atom. The average molecular weight is 288 g/mol. The van der Waals surface area contributed by atoms with Crippen LogP contribution in [0.2, 0.25) is 0 Å². The van der Waals surface area contributed by atoms with Crippen molar-refractivity contribution in [2.45, 2.75) is 59.4 Å². The van der Waals surface area contributed by atoms with Gasteiger partial charge in [0.25, 0.3) is 0 Å². The van der Waals surface area contributed by atoms with Crippen molar-refractivity contribution < 1.29 is 4.79 Å². The first-order chi connectivity index (χ1) is 9.88. The third-order valence-corrected chi connectivity index (χ3v) is 4.45. The second kappa shape index (κ2) is 6.50. The summed E-state index contributed by atoms with van der Waals surface area (Å²) in [4.78, 5) is 13.6. The van der Waals surface area contributed by atoms with Gasteiger partial charge in [0.2, 0.25) is 5.91 Å². The fourth-order valence-electron chi connectivity index (χ4n) is 3.34. The van der Waals surface area contributed by atoms with Crippen LogP contribution in [0.25, 0.3) is 0 Å². The van der Waals surface area contributed by atoms with Gasteiger partial charge in [0, 0.05) is 31.7 Å². The summed E-state index contributed by atoms with van der Waals surface area (Å²) >= 11 is 0. The van der Waals surface area contributed by atoms with E-state index < -0.39 is 0 Å². The molecule has 1 heterocycles. The van der Waals surface area contributed by atoms with Crippen LogP contribution >= 0.6 is 0 Å². The molecule has 2 rings (SSSR count). The maximum Gasteiger partial charge on any atom is 0.217 e. The number of benzene rings is 1. The Morgan fingerprint density at radius 1 is 1.19 bits per heavy atom. The van der Waals surface area contributed by atoms with Crippen molar-refractivity contribution in [3.8, 4) is 0 Å². The molecule has 3 heteroatoms. The number of rotatable bonds is 3. The van der Waals surface area contributed by atoms with E-state index in [-0.39, 0.29) is 5.91 Å². The van der Waals surface area contributed by atoms with Crippen LogP contribution in [0.4, 0.5) is 5.69 Å². The molecule has 1 amide bonds. The normalized spacial score (nSPS) is 16.4. The van der Waals surface area contributed by atoms with E-state index in [1.807, 2.05) is 0 Å². The number of aryl methyl sites for hydroxylation is 2. The van der Waals surface area contributed by atoms with Crippen molar-refractivity contribution in [3.05, 3.63) is 28.8 Å². The van der Waals surface area contributed by atoms with Gasteiger partial charge in [-0.25, -0.2) is 0 Å². The smallest absolute Gasteiger partial charge is 0.217 e. The molecule has 0 aromatic heterocycles. The third-order valence-electron chi connectivity index (χ3n) is 4.45. The van der Waals surface area contributed by atoms with Gasteiger partial charge in [0.15, 0.2) is 0 Å². The average Bonchev–Trinajstić information content (AvgIpc) is 2.41. The second-order valence-electron chi connectivity index (χ2n) is 6.61. The van der Waals surface area contributed by atoms with Crippen LogP contribution in [0, 0.1) is 13.8 Å². The van der Waals surface area contributed by atoms with Crippen LogP contribution in [0.1, 0.15) is 56.2 Å². The van der Waals surface area contributed by atoms with Crippen LogP contribution < -0.4 is 10.2 Å². The summed E-state index contributed by atoms with van der Waals surface area (Å²) in [7, 11) is 0. The molecule has 0 aliphatic carbocycles. The monoisotopic (exact) mass is 288 g/mol. The first kappa shape index (κ1) is 15.9. The lowest BCUT2D eigenvalue weighted by Crippen LogP contribution is -2.44. The molecule has 1 saturated heterocycles. The van der Waals surface area contributed by atoms with Gasteiger partial charge < -0.3 is 10.2 Å². The zero-order valence-corrected chi connectivity index (χ0v) is 14.0. The number of nitrogens with one attached hydrogen (secondary N) is 1. The Kier molecular flexibility index (Phi) is 4.92. The second-order valence-corrected chi connectivity index (χ2v) is 6.61. The number of carbonyl (C=O) groups is 1. The molecular weight excluding hydrogens is 260 g/mol. The molecule has 1 aromatic carbocycles. The highest BCUT2D eigenvalue weighted by atomic mass is 16.1. The molecule has 1 N–H and O–H groups in total. The molecule has 21 heavy (non-hydrogen) atoms. The molecule has 1 fully saturated rings. The fourth-order valence-corrected chi connectivity index (χ4v) is 3.34. The van der Waals surface area contributed by atoms with Gasteiger partial charge in [-0.05, 0) is 55.4 Å². The van der Waals surface area contributed by atoms with Gasteiger partial charge in [-0.1, -0.05) is 19.9 Å². The van der Waals surface area contributed by atoms with E-state index in [9.17, 15) is 4.79 Å². The number of hydrogen-bond acceptors (Lipinski definition) is 2. The van der Waals surface area contributed by atoms with Crippen LogP contribution in [-0.2, 0) is 4.79 Å². The van der Waals surface area contributed by atoms with E-state index in [0.717, 1.165) is 25.9 Å². The molecular formula is C18H28N2O. The standard InChI is InChI=1S/C18H28N2O/c1-12(2)17-10-14(4)18(11-13(17)3)20-8-6-16(7-9-20)19-15(5)21/h10-12,16H,6-9H2,1-5H3,(H,19,21). The Labute approximate surface area is 128 Å². The topological polar surface area (TPSA) is 32.3 Å². The summed E-state index contributed by atoms with van der Waals surface area (Å²) < 4.78 is 0. The van der Waals surface area contributed by atoms with Gasteiger partial charge >= 0.3 is 0 Å². The molecule has 0 bridgehead atoms. The molecule has 1 aliphatic heterocycles. The summed E-state index contributed by atoms with van der Waals surface area (Å²) in [6.45, 7) is 12.6. The molecule has 1 aliphatic rings. The highest BCUT2D eigenvalue weighted by molar-refractivity contribution is 5.73. The quantitative estimate of drug-likeness (QED) is 0.923. The molecule has 0 atom stereocenters. The number of nitrogens with zero attached hydrogens (tertiary/aromatic N) is 1. The van der Waals surface area contributed by atoms with Crippen molar-refractivity contribution >= 4 is 11.6 Å². The molecule has 0 spiro atoms. The predicted molar refractivity (Wildman–Crippen MR) is 89.1 cm³/mol. The maximum absolute atomic E-state index is 11.1. The number of piperidine rings is 1. The van der Waals surface area contributed by atoms with Crippen molar-refractivity contribution in [1.82, 2.24) is 5.32 Å². The zero-order chi connectivity index (χ0) is 15.6. The molecule has 116 valence electrons. The van der Waals surface area contributed by atoms with Crippen LogP contribution in [0.15, 0.2) is 12.1 Å². The number of carbonyl (C=O) groups excluding carboxylic acids is 1. The third kappa shape index (κ3) is 3.78. The fraction of sp³-hybridized carbons (Fsp3) is 0.611. The maximum atomic E-state index is 11.1. The Balaban J connectivity index is 2.10. The minimum Gasteiger partial charge on any atom is -0.371 e. The minimum atomic E-state index is 0.0850. The molecule has 1 aromatic rings. The van der Waals surface area contributed by atoms with E-state index in [1.165, 1.54) is 22.4 Å². The largest absolute Gasteiger partial charge is 0.371 e. The highest BCUT2D eigenvalue weighted by Crippen LogP contribution is 2.30. The van der Waals surface area contributed by atoms with Crippen molar-refractivity contribution in [3.63, 3.8) is 0 Å². The zero-order valence-electron chi connectivity index (χ0n) is 14.0. The number of anilines is 1. The van der Waals surface area contributed by atoms with E-state index in [4.69, 9.17) is 0 Å². The Bertz CT molecular complexity index is 514. The summed E-state index contributed by atoms with van der Waals surface area (Å²) in [5.74, 6) is 0.657.